The maximum Gasteiger partial charge on any atom is 0.188 e. The van der Waals surface area contributed by atoms with Crippen LogP contribution in [0.2, 0.25) is 0 Å². The van der Waals surface area contributed by atoms with Gasteiger partial charge in [-0.3, -0.25) is 0 Å². The SMILES string of the molecule is Cc1ccc(-c2cc(C)nc(SCc3ccc(F)cc3)n2)cc1. The summed E-state index contributed by atoms with van der Waals surface area (Å²) in [6.07, 6.45) is 0. The van der Waals surface area contributed by atoms with Gasteiger partial charge in [0.05, 0.1) is 5.69 Å². The molecule has 1 aromatic heterocycles. The number of nitrogens with zero attached hydrogens (tertiary/aromatic N) is 2. The standard InChI is InChI=1S/C19H17FN2S/c1-13-3-7-16(8-4-13)18-11-14(2)21-19(22-18)23-12-15-5-9-17(20)10-6-15/h3-11H,12H2,1-2H3. The second-order valence-electron chi connectivity index (χ2n) is 5.46. The van der Waals surface area contributed by atoms with E-state index in [4.69, 9.17) is 0 Å². The van der Waals surface area contributed by atoms with Crippen molar-refractivity contribution >= 4 is 11.8 Å². The Labute approximate surface area is 139 Å². The van der Waals surface area contributed by atoms with E-state index < -0.39 is 0 Å². The van der Waals surface area contributed by atoms with Gasteiger partial charge in [-0.25, -0.2) is 14.4 Å². The lowest BCUT2D eigenvalue weighted by Gasteiger charge is -2.06. The average molecular weight is 324 g/mol. The van der Waals surface area contributed by atoms with E-state index in [1.54, 1.807) is 23.9 Å². The van der Waals surface area contributed by atoms with E-state index in [1.807, 2.05) is 13.0 Å². The van der Waals surface area contributed by atoms with Crippen LogP contribution in [-0.2, 0) is 5.75 Å². The van der Waals surface area contributed by atoms with Crippen molar-refractivity contribution in [3.63, 3.8) is 0 Å². The molecule has 0 saturated carbocycles. The summed E-state index contributed by atoms with van der Waals surface area (Å²) in [6, 6.07) is 16.8. The van der Waals surface area contributed by atoms with Crippen molar-refractivity contribution in [3.05, 3.63) is 77.2 Å². The van der Waals surface area contributed by atoms with Crippen LogP contribution in [0.25, 0.3) is 11.3 Å². The molecule has 0 fully saturated rings. The minimum absolute atomic E-state index is 0.216. The summed E-state index contributed by atoms with van der Waals surface area (Å²) in [5.41, 5.74) is 5.24. The molecule has 3 rings (SSSR count). The van der Waals surface area contributed by atoms with E-state index in [0.29, 0.717) is 0 Å². The van der Waals surface area contributed by atoms with Gasteiger partial charge in [-0.1, -0.05) is 53.7 Å². The number of thioether (sulfide) groups is 1. The summed E-state index contributed by atoms with van der Waals surface area (Å²) in [5.74, 6) is 0.504. The Balaban J connectivity index is 1.80. The summed E-state index contributed by atoms with van der Waals surface area (Å²) in [7, 11) is 0. The molecule has 116 valence electrons. The highest BCUT2D eigenvalue weighted by Gasteiger charge is 2.06. The van der Waals surface area contributed by atoms with Crippen molar-refractivity contribution in [3.8, 4) is 11.3 Å². The third-order valence-corrected chi connectivity index (χ3v) is 4.38. The van der Waals surface area contributed by atoms with Gasteiger partial charge in [-0.2, -0.15) is 0 Å². The number of hydrogen-bond donors (Lipinski definition) is 0. The maximum absolute atomic E-state index is 12.9. The van der Waals surface area contributed by atoms with Gasteiger partial charge in [0.25, 0.3) is 0 Å². The van der Waals surface area contributed by atoms with Crippen LogP contribution in [0.5, 0.6) is 0 Å². The summed E-state index contributed by atoms with van der Waals surface area (Å²) in [4.78, 5) is 9.13. The third-order valence-electron chi connectivity index (χ3n) is 3.46. The highest BCUT2D eigenvalue weighted by molar-refractivity contribution is 7.98. The van der Waals surface area contributed by atoms with Gasteiger partial charge in [0.1, 0.15) is 5.82 Å². The summed E-state index contributed by atoms with van der Waals surface area (Å²) in [6.45, 7) is 4.04. The molecule has 2 aromatic carbocycles. The Hall–Kier alpha value is -2.20. The molecule has 0 aliphatic rings. The number of rotatable bonds is 4. The van der Waals surface area contributed by atoms with Crippen LogP contribution in [0.1, 0.15) is 16.8 Å². The molecule has 0 aliphatic carbocycles. The van der Waals surface area contributed by atoms with Crippen molar-refractivity contribution < 1.29 is 4.39 Å². The fourth-order valence-corrected chi connectivity index (χ4v) is 3.07. The molecular formula is C19H17FN2S. The van der Waals surface area contributed by atoms with Gasteiger partial charge in [0.2, 0.25) is 0 Å². The first-order valence-corrected chi connectivity index (χ1v) is 8.39. The van der Waals surface area contributed by atoms with E-state index >= 15 is 0 Å². The van der Waals surface area contributed by atoms with Crippen molar-refractivity contribution in [2.45, 2.75) is 24.8 Å². The monoisotopic (exact) mass is 324 g/mol. The number of hydrogen-bond acceptors (Lipinski definition) is 3. The Kier molecular flexibility index (Phi) is 4.72. The molecule has 3 aromatic rings. The van der Waals surface area contributed by atoms with E-state index in [9.17, 15) is 4.39 Å². The highest BCUT2D eigenvalue weighted by Crippen LogP contribution is 2.24. The number of aryl methyl sites for hydroxylation is 2. The van der Waals surface area contributed by atoms with E-state index in [-0.39, 0.29) is 5.82 Å². The highest BCUT2D eigenvalue weighted by atomic mass is 32.2. The molecule has 1 heterocycles. The molecule has 23 heavy (non-hydrogen) atoms. The normalized spacial score (nSPS) is 10.7. The zero-order valence-electron chi connectivity index (χ0n) is 13.1. The van der Waals surface area contributed by atoms with Crippen molar-refractivity contribution in [1.29, 1.82) is 0 Å². The fraction of sp³-hybridized carbons (Fsp3) is 0.158. The Bertz CT molecular complexity index is 799. The molecule has 0 N–H and O–H groups in total. The Morgan fingerprint density at radius 2 is 1.61 bits per heavy atom. The van der Waals surface area contributed by atoms with Crippen LogP contribution in [0, 0.1) is 19.7 Å². The molecule has 0 aliphatic heterocycles. The van der Waals surface area contributed by atoms with Crippen molar-refractivity contribution in [2.75, 3.05) is 0 Å². The third kappa shape index (κ3) is 4.17. The fourth-order valence-electron chi connectivity index (χ4n) is 2.21. The molecule has 0 amide bonds. The maximum atomic E-state index is 12.9. The number of halogens is 1. The molecule has 0 saturated heterocycles. The molecule has 2 nitrogen and oxygen atoms in total. The summed E-state index contributed by atoms with van der Waals surface area (Å²) < 4.78 is 12.9. The Morgan fingerprint density at radius 3 is 2.30 bits per heavy atom. The van der Waals surface area contributed by atoms with Crippen LogP contribution in [-0.4, -0.2) is 9.97 Å². The van der Waals surface area contributed by atoms with Crippen LogP contribution >= 0.6 is 11.8 Å². The van der Waals surface area contributed by atoms with Gasteiger partial charge in [-0.05, 0) is 37.6 Å². The minimum Gasteiger partial charge on any atom is -0.228 e. The van der Waals surface area contributed by atoms with Gasteiger partial charge in [0.15, 0.2) is 5.16 Å². The topological polar surface area (TPSA) is 25.8 Å². The lowest BCUT2D eigenvalue weighted by atomic mass is 10.1. The molecule has 0 radical (unpaired) electrons. The molecule has 0 bridgehead atoms. The second-order valence-corrected chi connectivity index (χ2v) is 6.40. The van der Waals surface area contributed by atoms with Crippen LogP contribution < -0.4 is 0 Å². The molecule has 0 spiro atoms. The smallest absolute Gasteiger partial charge is 0.188 e. The lowest BCUT2D eigenvalue weighted by Crippen LogP contribution is -1.94. The lowest BCUT2D eigenvalue weighted by molar-refractivity contribution is 0.627. The first kappa shape index (κ1) is 15.7. The van der Waals surface area contributed by atoms with Gasteiger partial charge < -0.3 is 0 Å². The largest absolute Gasteiger partial charge is 0.228 e. The number of aromatic nitrogens is 2. The second kappa shape index (κ2) is 6.92. The van der Waals surface area contributed by atoms with Gasteiger partial charge >= 0.3 is 0 Å². The van der Waals surface area contributed by atoms with E-state index in [2.05, 4.69) is 41.2 Å². The molecule has 0 atom stereocenters. The quantitative estimate of drug-likeness (QED) is 0.488. The molecular weight excluding hydrogens is 307 g/mol. The summed E-state index contributed by atoms with van der Waals surface area (Å²) in [5, 5.41) is 0.741. The van der Waals surface area contributed by atoms with Crippen LogP contribution in [0.4, 0.5) is 4.39 Å². The average Bonchev–Trinajstić information content (AvgIpc) is 2.54. The predicted molar refractivity (Wildman–Crippen MR) is 92.9 cm³/mol. The van der Waals surface area contributed by atoms with Crippen LogP contribution in [0.3, 0.4) is 0 Å². The van der Waals surface area contributed by atoms with Gasteiger partial charge in [-0.15, -0.1) is 0 Å². The first-order chi connectivity index (χ1) is 11.1. The van der Waals surface area contributed by atoms with E-state index in [0.717, 1.165) is 33.4 Å². The Morgan fingerprint density at radius 1 is 0.913 bits per heavy atom. The van der Waals surface area contributed by atoms with Gasteiger partial charge in [0, 0.05) is 17.0 Å². The number of benzene rings is 2. The van der Waals surface area contributed by atoms with E-state index in [1.165, 1.54) is 17.7 Å². The zero-order valence-corrected chi connectivity index (χ0v) is 13.9. The first-order valence-electron chi connectivity index (χ1n) is 7.40. The zero-order chi connectivity index (χ0) is 16.2. The molecule has 0 unspecified atom stereocenters. The summed E-state index contributed by atoms with van der Waals surface area (Å²) >= 11 is 1.56. The minimum atomic E-state index is -0.216. The molecule has 4 heteroatoms. The van der Waals surface area contributed by atoms with Crippen molar-refractivity contribution in [2.24, 2.45) is 0 Å². The van der Waals surface area contributed by atoms with Crippen molar-refractivity contribution in [1.82, 2.24) is 9.97 Å². The van der Waals surface area contributed by atoms with Crippen LogP contribution in [0.15, 0.2) is 59.8 Å². The predicted octanol–water partition coefficient (Wildman–Crippen LogP) is 5.19.